The molecule has 0 unspecified atom stereocenters. The van der Waals surface area contributed by atoms with Crippen molar-refractivity contribution < 1.29 is 9.53 Å². The summed E-state index contributed by atoms with van der Waals surface area (Å²) in [6, 6.07) is 8.27. The summed E-state index contributed by atoms with van der Waals surface area (Å²) in [5, 5.41) is 3.41. The molecule has 0 amide bonds. The average molecular weight is 249 g/mol. The molecule has 0 saturated heterocycles. The molecule has 0 atom stereocenters. The Morgan fingerprint density at radius 2 is 2.00 bits per heavy atom. The van der Waals surface area contributed by atoms with Crippen molar-refractivity contribution in [1.82, 2.24) is 0 Å². The summed E-state index contributed by atoms with van der Waals surface area (Å²) in [5.41, 5.74) is 2.46. The van der Waals surface area contributed by atoms with Crippen molar-refractivity contribution in [3.63, 3.8) is 0 Å². The lowest BCUT2D eigenvalue weighted by molar-refractivity contribution is -0.143. The van der Waals surface area contributed by atoms with Gasteiger partial charge < -0.3 is 10.1 Å². The van der Waals surface area contributed by atoms with Crippen LogP contribution in [0.5, 0.6) is 0 Å². The van der Waals surface area contributed by atoms with Gasteiger partial charge >= 0.3 is 5.97 Å². The quantitative estimate of drug-likeness (QED) is 0.566. The zero-order chi connectivity index (χ0) is 13.2. The van der Waals surface area contributed by atoms with Crippen LogP contribution < -0.4 is 5.32 Å². The van der Waals surface area contributed by atoms with Crippen LogP contribution >= 0.6 is 0 Å². The molecule has 100 valence electrons. The molecular formula is C15H23NO2. The lowest BCUT2D eigenvalue weighted by Crippen LogP contribution is -2.05. The predicted molar refractivity (Wildman–Crippen MR) is 74.8 cm³/mol. The monoisotopic (exact) mass is 249 g/mol. The maximum absolute atomic E-state index is 11.1. The van der Waals surface area contributed by atoms with E-state index in [1.54, 1.807) is 0 Å². The summed E-state index contributed by atoms with van der Waals surface area (Å²) in [6.45, 7) is 5.37. The minimum absolute atomic E-state index is 0.0793. The Morgan fingerprint density at radius 3 is 2.72 bits per heavy atom. The lowest BCUT2D eigenvalue weighted by Gasteiger charge is -2.08. The van der Waals surface area contributed by atoms with E-state index in [2.05, 4.69) is 24.4 Å². The number of benzene rings is 1. The first-order valence-corrected chi connectivity index (χ1v) is 6.69. The van der Waals surface area contributed by atoms with Gasteiger partial charge in [-0.1, -0.05) is 24.6 Å². The number of ether oxygens (including phenoxy) is 1. The van der Waals surface area contributed by atoms with Crippen LogP contribution in [-0.2, 0) is 9.53 Å². The fourth-order valence-corrected chi connectivity index (χ4v) is 1.80. The summed E-state index contributed by atoms with van der Waals surface area (Å²) in [5.74, 6) is -0.0793. The standard InChI is InChI=1S/C15H23NO2/c1-3-18-15(17)11-5-4-8-12-16-14-10-7-6-9-13(14)2/h6-7,9-10,16H,3-5,8,11-12H2,1-2H3. The van der Waals surface area contributed by atoms with Gasteiger partial charge in [0.15, 0.2) is 0 Å². The Kier molecular flexibility index (Phi) is 6.92. The SMILES string of the molecule is CCOC(=O)CCCCCNc1ccccc1C. The fraction of sp³-hybridized carbons (Fsp3) is 0.533. The number of hydrogen-bond donors (Lipinski definition) is 1. The van der Waals surface area contributed by atoms with Gasteiger partial charge in [0.2, 0.25) is 0 Å². The molecular weight excluding hydrogens is 226 g/mol. The summed E-state index contributed by atoms with van der Waals surface area (Å²) in [7, 11) is 0. The number of para-hydroxylation sites is 1. The number of anilines is 1. The van der Waals surface area contributed by atoms with E-state index in [1.807, 2.05) is 19.1 Å². The lowest BCUT2D eigenvalue weighted by atomic mass is 10.1. The van der Waals surface area contributed by atoms with Crippen molar-refractivity contribution in [3.05, 3.63) is 29.8 Å². The van der Waals surface area contributed by atoms with Gasteiger partial charge in [-0.2, -0.15) is 0 Å². The number of unbranched alkanes of at least 4 members (excludes halogenated alkanes) is 2. The van der Waals surface area contributed by atoms with Gasteiger partial charge in [-0.15, -0.1) is 0 Å². The minimum Gasteiger partial charge on any atom is -0.466 e. The Bertz CT molecular complexity index is 363. The first kappa shape index (κ1) is 14.6. The van der Waals surface area contributed by atoms with Crippen LogP contribution in [0.2, 0.25) is 0 Å². The number of esters is 1. The van der Waals surface area contributed by atoms with Crippen molar-refractivity contribution >= 4 is 11.7 Å². The molecule has 18 heavy (non-hydrogen) atoms. The first-order valence-electron chi connectivity index (χ1n) is 6.69. The second-order valence-corrected chi connectivity index (χ2v) is 4.36. The van der Waals surface area contributed by atoms with E-state index in [1.165, 1.54) is 11.3 Å². The van der Waals surface area contributed by atoms with Crippen molar-refractivity contribution in [2.24, 2.45) is 0 Å². The molecule has 1 aromatic rings. The maximum atomic E-state index is 11.1. The highest BCUT2D eigenvalue weighted by Crippen LogP contribution is 2.13. The van der Waals surface area contributed by atoms with Crippen molar-refractivity contribution in [1.29, 1.82) is 0 Å². The zero-order valence-corrected chi connectivity index (χ0v) is 11.4. The van der Waals surface area contributed by atoms with Gasteiger partial charge in [-0.25, -0.2) is 0 Å². The van der Waals surface area contributed by atoms with Crippen molar-refractivity contribution in [2.45, 2.75) is 39.5 Å². The normalized spacial score (nSPS) is 10.1. The largest absolute Gasteiger partial charge is 0.466 e. The van der Waals surface area contributed by atoms with Crippen LogP contribution in [0.3, 0.4) is 0 Å². The Labute approximate surface area is 110 Å². The van der Waals surface area contributed by atoms with E-state index in [9.17, 15) is 4.79 Å². The molecule has 0 aliphatic rings. The van der Waals surface area contributed by atoms with Gasteiger partial charge in [-0.05, 0) is 38.3 Å². The van der Waals surface area contributed by atoms with Gasteiger partial charge in [0.05, 0.1) is 6.61 Å². The number of nitrogens with one attached hydrogen (secondary N) is 1. The molecule has 0 bridgehead atoms. The molecule has 0 aromatic heterocycles. The molecule has 3 nitrogen and oxygen atoms in total. The second kappa shape index (κ2) is 8.56. The van der Waals surface area contributed by atoms with Crippen LogP contribution in [0.15, 0.2) is 24.3 Å². The number of hydrogen-bond acceptors (Lipinski definition) is 3. The van der Waals surface area contributed by atoms with Crippen LogP contribution in [0.1, 0.15) is 38.2 Å². The molecule has 3 heteroatoms. The van der Waals surface area contributed by atoms with E-state index in [0.717, 1.165) is 25.8 Å². The van der Waals surface area contributed by atoms with Gasteiger partial charge in [0.25, 0.3) is 0 Å². The molecule has 0 heterocycles. The van der Waals surface area contributed by atoms with Crippen LogP contribution in [0.25, 0.3) is 0 Å². The summed E-state index contributed by atoms with van der Waals surface area (Å²) < 4.78 is 4.88. The van der Waals surface area contributed by atoms with Crippen molar-refractivity contribution in [2.75, 3.05) is 18.5 Å². The predicted octanol–water partition coefficient (Wildman–Crippen LogP) is 3.53. The van der Waals surface area contributed by atoms with Gasteiger partial charge in [0.1, 0.15) is 0 Å². The average Bonchev–Trinajstić information content (AvgIpc) is 2.36. The van der Waals surface area contributed by atoms with Crippen molar-refractivity contribution in [3.8, 4) is 0 Å². The number of aryl methyl sites for hydroxylation is 1. The summed E-state index contributed by atoms with van der Waals surface area (Å²) in [6.07, 6.45) is 3.58. The smallest absolute Gasteiger partial charge is 0.305 e. The van der Waals surface area contributed by atoms with Crippen LogP contribution in [0.4, 0.5) is 5.69 Å². The fourth-order valence-electron chi connectivity index (χ4n) is 1.80. The zero-order valence-electron chi connectivity index (χ0n) is 11.4. The van der Waals surface area contributed by atoms with E-state index in [0.29, 0.717) is 13.0 Å². The second-order valence-electron chi connectivity index (χ2n) is 4.36. The molecule has 0 radical (unpaired) electrons. The van der Waals surface area contributed by atoms with Crippen LogP contribution in [-0.4, -0.2) is 19.1 Å². The Hall–Kier alpha value is -1.51. The van der Waals surface area contributed by atoms with Gasteiger partial charge in [-0.3, -0.25) is 4.79 Å². The molecule has 0 saturated carbocycles. The molecule has 0 aliphatic carbocycles. The highest BCUT2D eigenvalue weighted by Gasteiger charge is 2.00. The van der Waals surface area contributed by atoms with E-state index in [-0.39, 0.29) is 5.97 Å². The molecule has 0 aliphatic heterocycles. The Balaban J connectivity index is 2.06. The van der Waals surface area contributed by atoms with E-state index < -0.39 is 0 Å². The summed E-state index contributed by atoms with van der Waals surface area (Å²) >= 11 is 0. The maximum Gasteiger partial charge on any atom is 0.305 e. The highest BCUT2D eigenvalue weighted by molar-refractivity contribution is 5.69. The molecule has 1 rings (SSSR count). The number of carbonyl (C=O) groups is 1. The van der Waals surface area contributed by atoms with Crippen LogP contribution in [0, 0.1) is 6.92 Å². The summed E-state index contributed by atoms with van der Waals surface area (Å²) in [4.78, 5) is 11.1. The first-order chi connectivity index (χ1) is 8.74. The number of rotatable bonds is 8. The molecule has 1 aromatic carbocycles. The van der Waals surface area contributed by atoms with E-state index >= 15 is 0 Å². The molecule has 0 spiro atoms. The molecule has 1 N–H and O–H groups in total. The third-order valence-electron chi connectivity index (χ3n) is 2.82. The third kappa shape index (κ3) is 5.71. The van der Waals surface area contributed by atoms with Gasteiger partial charge in [0, 0.05) is 18.7 Å². The number of carbonyl (C=O) groups excluding carboxylic acids is 1. The van der Waals surface area contributed by atoms with E-state index in [4.69, 9.17) is 4.74 Å². The Morgan fingerprint density at radius 1 is 1.22 bits per heavy atom. The minimum atomic E-state index is -0.0793. The third-order valence-corrected chi connectivity index (χ3v) is 2.82. The highest BCUT2D eigenvalue weighted by atomic mass is 16.5. The topological polar surface area (TPSA) is 38.3 Å². The molecule has 0 fully saturated rings.